The summed E-state index contributed by atoms with van der Waals surface area (Å²) in [5, 5.41) is 5.72. The zero-order chi connectivity index (χ0) is 18.0. The van der Waals surface area contributed by atoms with Crippen LogP contribution in [0.5, 0.6) is 0 Å². The largest absolute Gasteiger partial charge is 0.460 e. The van der Waals surface area contributed by atoms with E-state index >= 15 is 0 Å². The molecule has 5 nitrogen and oxygen atoms in total. The van der Waals surface area contributed by atoms with Gasteiger partial charge in [0.1, 0.15) is 0 Å². The molecule has 0 saturated heterocycles. The molecule has 0 aliphatic heterocycles. The van der Waals surface area contributed by atoms with Crippen molar-refractivity contribution in [2.45, 2.75) is 6.92 Å². The minimum absolute atomic E-state index is 0.0576. The minimum atomic E-state index is -0.610. The Labute approximate surface area is 159 Å². The van der Waals surface area contributed by atoms with Gasteiger partial charge in [0.05, 0.1) is 17.3 Å². The van der Waals surface area contributed by atoms with Crippen molar-refractivity contribution >= 4 is 40.8 Å². The Hall–Kier alpha value is -2.08. The average Bonchev–Trinajstić information content (AvgIpc) is 3.01. The number of carbonyl (C=O) groups excluding carboxylic acids is 1. The number of aromatic nitrogens is 3. The van der Waals surface area contributed by atoms with E-state index in [4.69, 9.17) is 39.5 Å². The van der Waals surface area contributed by atoms with Gasteiger partial charge >= 0.3 is 5.97 Å². The summed E-state index contributed by atoms with van der Waals surface area (Å²) in [6.45, 7) is 1.94. The second kappa shape index (κ2) is 7.44. The number of rotatable bonds is 4. The van der Waals surface area contributed by atoms with E-state index in [0.717, 1.165) is 5.56 Å². The molecule has 8 heteroatoms. The van der Waals surface area contributed by atoms with Gasteiger partial charge in [-0.15, -0.1) is 5.10 Å². The molecule has 0 spiro atoms. The summed E-state index contributed by atoms with van der Waals surface area (Å²) in [5.41, 5.74) is 1.26. The zero-order valence-electron chi connectivity index (χ0n) is 13.0. The molecule has 0 aliphatic rings. The normalized spacial score (nSPS) is 10.7. The second-order valence-corrected chi connectivity index (χ2v) is 6.27. The molecule has 0 atom stereocenters. The Morgan fingerprint density at radius 2 is 1.76 bits per heavy atom. The van der Waals surface area contributed by atoms with Crippen molar-refractivity contribution in [2.75, 3.05) is 6.61 Å². The van der Waals surface area contributed by atoms with Crippen LogP contribution in [0.4, 0.5) is 0 Å². The highest BCUT2D eigenvalue weighted by atomic mass is 35.5. The zero-order valence-corrected chi connectivity index (χ0v) is 15.3. The van der Waals surface area contributed by atoms with Gasteiger partial charge in [-0.1, -0.05) is 34.8 Å². The fourth-order valence-corrected chi connectivity index (χ4v) is 2.82. The van der Waals surface area contributed by atoms with Gasteiger partial charge in [0.25, 0.3) is 5.82 Å². The second-order valence-electron chi connectivity index (χ2n) is 4.99. The summed E-state index contributed by atoms with van der Waals surface area (Å²) >= 11 is 18.2. The molecule has 1 aromatic heterocycles. The number of esters is 1. The SMILES string of the molecule is CCOC(=O)c1nc(-c2ccc(Cl)cc2)n(-c2ccc(Cl)cc2Cl)n1. The minimum Gasteiger partial charge on any atom is -0.460 e. The van der Waals surface area contributed by atoms with Crippen LogP contribution in [0.25, 0.3) is 17.1 Å². The molecule has 3 aromatic rings. The van der Waals surface area contributed by atoms with Gasteiger partial charge in [-0.05, 0) is 49.4 Å². The van der Waals surface area contributed by atoms with E-state index in [0.29, 0.717) is 26.6 Å². The van der Waals surface area contributed by atoms with Crippen LogP contribution in [0.1, 0.15) is 17.5 Å². The molecule has 3 rings (SSSR count). The van der Waals surface area contributed by atoms with Crippen molar-refractivity contribution < 1.29 is 9.53 Å². The quantitative estimate of drug-likeness (QED) is 0.578. The maximum absolute atomic E-state index is 12.0. The molecule has 0 bridgehead atoms. The lowest BCUT2D eigenvalue weighted by atomic mass is 10.2. The van der Waals surface area contributed by atoms with E-state index in [2.05, 4.69) is 10.1 Å². The van der Waals surface area contributed by atoms with E-state index in [-0.39, 0.29) is 12.4 Å². The van der Waals surface area contributed by atoms with E-state index < -0.39 is 5.97 Å². The van der Waals surface area contributed by atoms with E-state index in [9.17, 15) is 4.79 Å². The number of benzene rings is 2. The van der Waals surface area contributed by atoms with Gasteiger partial charge in [-0.3, -0.25) is 0 Å². The number of hydrogen-bond donors (Lipinski definition) is 0. The maximum Gasteiger partial charge on any atom is 0.378 e. The maximum atomic E-state index is 12.0. The third kappa shape index (κ3) is 3.79. The molecule has 128 valence electrons. The van der Waals surface area contributed by atoms with Gasteiger partial charge in [-0.25, -0.2) is 14.5 Å². The average molecular weight is 397 g/mol. The van der Waals surface area contributed by atoms with Crippen LogP contribution in [-0.2, 0) is 4.74 Å². The van der Waals surface area contributed by atoms with Crippen molar-refractivity contribution in [1.82, 2.24) is 14.8 Å². The molecule has 0 saturated carbocycles. The van der Waals surface area contributed by atoms with Crippen LogP contribution in [0.15, 0.2) is 42.5 Å². The first-order chi connectivity index (χ1) is 12.0. The molecular weight excluding hydrogens is 385 g/mol. The Morgan fingerprint density at radius 1 is 1.08 bits per heavy atom. The molecule has 0 radical (unpaired) electrons. The van der Waals surface area contributed by atoms with Crippen LogP contribution < -0.4 is 0 Å². The number of ether oxygens (including phenoxy) is 1. The van der Waals surface area contributed by atoms with Gasteiger partial charge < -0.3 is 4.74 Å². The molecule has 1 heterocycles. The van der Waals surface area contributed by atoms with Crippen molar-refractivity contribution in [3.8, 4) is 17.1 Å². The molecule has 0 unspecified atom stereocenters. The van der Waals surface area contributed by atoms with Crippen molar-refractivity contribution in [2.24, 2.45) is 0 Å². The predicted octanol–water partition coefficient (Wildman–Crippen LogP) is 5.07. The van der Waals surface area contributed by atoms with Crippen LogP contribution in [0, 0.1) is 0 Å². The highest BCUT2D eigenvalue weighted by Crippen LogP contribution is 2.29. The molecule has 25 heavy (non-hydrogen) atoms. The van der Waals surface area contributed by atoms with Crippen LogP contribution in [-0.4, -0.2) is 27.3 Å². The molecule has 0 fully saturated rings. The van der Waals surface area contributed by atoms with E-state index in [1.807, 2.05) is 0 Å². The third-order valence-corrected chi connectivity index (χ3v) is 4.10. The molecule has 0 aliphatic carbocycles. The highest BCUT2D eigenvalue weighted by Gasteiger charge is 2.21. The molecular formula is C17H12Cl3N3O2. The first-order valence-corrected chi connectivity index (χ1v) is 8.48. The van der Waals surface area contributed by atoms with Gasteiger partial charge in [0.2, 0.25) is 0 Å². The third-order valence-electron chi connectivity index (χ3n) is 3.31. The van der Waals surface area contributed by atoms with Crippen LogP contribution >= 0.6 is 34.8 Å². The molecule has 0 amide bonds. The van der Waals surface area contributed by atoms with Crippen molar-refractivity contribution in [1.29, 1.82) is 0 Å². The van der Waals surface area contributed by atoms with Crippen molar-refractivity contribution in [3.05, 3.63) is 63.4 Å². The first-order valence-electron chi connectivity index (χ1n) is 7.35. The summed E-state index contributed by atoms with van der Waals surface area (Å²) in [4.78, 5) is 16.3. The summed E-state index contributed by atoms with van der Waals surface area (Å²) < 4.78 is 6.46. The van der Waals surface area contributed by atoms with Crippen LogP contribution in [0.2, 0.25) is 15.1 Å². The standard InChI is InChI=1S/C17H12Cl3N3O2/c1-2-25-17(24)15-21-16(10-3-5-11(18)6-4-10)23(22-15)14-8-7-12(19)9-13(14)20/h3-9H,2H2,1H3. The fraction of sp³-hybridized carbons (Fsp3) is 0.118. The Bertz CT molecular complexity index is 923. The summed E-state index contributed by atoms with van der Waals surface area (Å²) in [5.74, 6) is -0.233. The predicted molar refractivity (Wildman–Crippen MR) is 97.8 cm³/mol. The fourth-order valence-electron chi connectivity index (χ4n) is 2.20. The summed E-state index contributed by atoms with van der Waals surface area (Å²) in [7, 11) is 0. The van der Waals surface area contributed by atoms with Crippen molar-refractivity contribution in [3.63, 3.8) is 0 Å². The Kier molecular flexibility index (Phi) is 5.27. The van der Waals surface area contributed by atoms with Crippen LogP contribution in [0.3, 0.4) is 0 Å². The Morgan fingerprint density at radius 3 is 2.40 bits per heavy atom. The lowest BCUT2D eigenvalue weighted by Crippen LogP contribution is -2.07. The summed E-state index contributed by atoms with van der Waals surface area (Å²) in [6, 6.07) is 12.0. The molecule has 0 N–H and O–H groups in total. The lowest BCUT2D eigenvalue weighted by molar-refractivity contribution is 0.0512. The number of nitrogens with zero attached hydrogens (tertiary/aromatic N) is 3. The molecule has 2 aromatic carbocycles. The van der Waals surface area contributed by atoms with Gasteiger partial charge in [0, 0.05) is 15.6 Å². The van der Waals surface area contributed by atoms with Gasteiger partial charge in [-0.2, -0.15) is 0 Å². The lowest BCUT2D eigenvalue weighted by Gasteiger charge is -2.08. The summed E-state index contributed by atoms with van der Waals surface area (Å²) in [6.07, 6.45) is 0. The highest BCUT2D eigenvalue weighted by molar-refractivity contribution is 6.35. The van der Waals surface area contributed by atoms with Gasteiger partial charge in [0.15, 0.2) is 5.82 Å². The topological polar surface area (TPSA) is 57.0 Å². The first kappa shape index (κ1) is 17.7. The number of halogens is 3. The van der Waals surface area contributed by atoms with E-state index in [1.165, 1.54) is 4.68 Å². The smallest absolute Gasteiger partial charge is 0.378 e. The van der Waals surface area contributed by atoms with E-state index in [1.54, 1.807) is 49.4 Å². The number of carbonyl (C=O) groups is 1. The number of hydrogen-bond acceptors (Lipinski definition) is 4. The monoisotopic (exact) mass is 395 g/mol. The Balaban J connectivity index is 2.17.